The van der Waals surface area contributed by atoms with Crippen molar-refractivity contribution in [1.82, 2.24) is 4.81 Å². The van der Waals surface area contributed by atoms with Crippen molar-refractivity contribution >= 4 is 60.3 Å². The van der Waals surface area contributed by atoms with E-state index in [2.05, 4.69) is 85.2 Å². The van der Waals surface area contributed by atoms with Crippen LogP contribution < -0.4 is 20.7 Å². The molecule has 230 valence electrons. The van der Waals surface area contributed by atoms with Crippen molar-refractivity contribution in [1.29, 1.82) is 0 Å². The molecule has 4 aromatic rings. The quantitative estimate of drug-likeness (QED) is 0.102. The molecule has 1 aliphatic heterocycles. The van der Waals surface area contributed by atoms with Crippen molar-refractivity contribution in [2.75, 3.05) is 24.6 Å². The lowest BCUT2D eigenvalue weighted by molar-refractivity contribution is -0.151. The number of rotatable bonds is 8. The Morgan fingerprint density at radius 3 is 2.04 bits per heavy atom. The Kier molecular flexibility index (Phi) is 8.83. The van der Waals surface area contributed by atoms with Crippen LogP contribution in [0.5, 0.6) is 0 Å². The summed E-state index contributed by atoms with van der Waals surface area (Å²) in [4.78, 5) is 29.2. The molecule has 5 nitrogen and oxygen atoms in total. The van der Waals surface area contributed by atoms with Gasteiger partial charge in [-0.1, -0.05) is 72.8 Å². The first-order valence-corrected chi connectivity index (χ1v) is 17.4. The van der Waals surface area contributed by atoms with Gasteiger partial charge in [0.25, 0.3) is 0 Å². The van der Waals surface area contributed by atoms with E-state index in [1.54, 1.807) is 0 Å². The molecule has 0 aromatic heterocycles. The molecular weight excluding hydrogens is 598 g/mol. The first kappa shape index (κ1) is 31.4. The number of fused-ring (bicyclic) bond motifs is 2. The molecule has 0 radical (unpaired) electrons. The number of hydrogen-bond donors (Lipinski definition) is 0. The maximum absolute atomic E-state index is 14.3. The maximum atomic E-state index is 14.3. The van der Waals surface area contributed by atoms with Gasteiger partial charge in [-0.15, -0.1) is 11.6 Å². The van der Waals surface area contributed by atoms with E-state index in [-0.39, 0.29) is 18.9 Å². The molecule has 0 saturated heterocycles. The zero-order chi connectivity index (χ0) is 31.9. The number of anilines is 1. The van der Waals surface area contributed by atoms with E-state index in [1.165, 1.54) is 40.0 Å². The Balaban J connectivity index is 1.66. The van der Waals surface area contributed by atoms with Crippen LogP contribution in [0.25, 0.3) is 0 Å². The molecular formula is C37H39BClN2O3P. The average Bonchev–Trinajstić information content (AvgIpc) is 3.45. The molecule has 1 atom stereocenters. The summed E-state index contributed by atoms with van der Waals surface area (Å²) in [6, 6.07) is 29.3. The van der Waals surface area contributed by atoms with Gasteiger partial charge in [-0.25, -0.2) is 0 Å². The SMILES string of the molecule is COC(=O)C1(C)Cc2c(C)c(CCCCl)c(B3N(C)C(=O)c4ccccc4N3P(c3ccccc3)c3ccccc3)c(C)c2C1. The third-order valence-corrected chi connectivity index (χ3v) is 12.3. The van der Waals surface area contributed by atoms with Gasteiger partial charge in [0.2, 0.25) is 5.91 Å². The molecule has 2 aliphatic rings. The van der Waals surface area contributed by atoms with Crippen molar-refractivity contribution < 1.29 is 14.3 Å². The standard InChI is InChI=1S/C37H39BClN2O3P/c1-25-29(20-14-22-39)34(26(2)32-24-37(3,23-31(25)32)36(43)44-5)38-40(4)35(42)30-19-12-13-21-33(30)41(38)45(27-15-8-6-9-16-27)28-17-10-7-11-18-28/h6-13,15-19,21H,14,20,22-24H2,1-5H3. The number of carbonyl (C=O) groups excluding carboxylic acids is 2. The number of benzene rings is 4. The van der Waals surface area contributed by atoms with E-state index in [4.69, 9.17) is 16.3 Å². The van der Waals surface area contributed by atoms with Crippen LogP contribution in [0.2, 0.25) is 0 Å². The lowest BCUT2D eigenvalue weighted by Crippen LogP contribution is -2.64. The van der Waals surface area contributed by atoms with Gasteiger partial charge >= 0.3 is 13.0 Å². The minimum atomic E-state index is -1.11. The molecule has 0 saturated carbocycles. The number of amides is 1. The van der Waals surface area contributed by atoms with Crippen LogP contribution in [0.1, 0.15) is 51.5 Å². The maximum Gasteiger partial charge on any atom is 0.418 e. The third kappa shape index (κ3) is 5.36. The van der Waals surface area contributed by atoms with Gasteiger partial charge in [0, 0.05) is 19.6 Å². The summed E-state index contributed by atoms with van der Waals surface area (Å²) in [5.74, 6) is 0.364. The van der Waals surface area contributed by atoms with Crippen LogP contribution >= 0.6 is 19.7 Å². The predicted molar refractivity (Wildman–Crippen MR) is 188 cm³/mol. The molecule has 8 heteroatoms. The van der Waals surface area contributed by atoms with E-state index in [0.717, 1.165) is 29.6 Å². The van der Waals surface area contributed by atoms with E-state index in [1.807, 2.05) is 37.0 Å². The number of methoxy groups -OCH3 is 1. The Morgan fingerprint density at radius 2 is 1.47 bits per heavy atom. The number of nitrogens with zero attached hydrogens (tertiary/aromatic N) is 2. The summed E-state index contributed by atoms with van der Waals surface area (Å²) in [5.41, 5.74) is 8.17. The topological polar surface area (TPSA) is 49.9 Å². The fraction of sp³-hybridized carbons (Fsp3) is 0.297. The van der Waals surface area contributed by atoms with Gasteiger partial charge in [0.05, 0.1) is 18.1 Å². The second-order valence-electron chi connectivity index (χ2n) is 12.4. The number of para-hydroxylation sites is 1. The number of hydrogen-bond acceptors (Lipinski definition) is 4. The van der Waals surface area contributed by atoms with Gasteiger partial charge in [-0.2, -0.15) is 0 Å². The Labute approximate surface area is 273 Å². The molecule has 1 unspecified atom stereocenters. The highest BCUT2D eigenvalue weighted by atomic mass is 35.5. The van der Waals surface area contributed by atoms with Crippen LogP contribution in [0.4, 0.5) is 5.69 Å². The summed E-state index contributed by atoms with van der Waals surface area (Å²) in [5, 5.41) is 2.41. The minimum absolute atomic E-state index is 0.00293. The van der Waals surface area contributed by atoms with Gasteiger partial charge < -0.3 is 14.1 Å². The Morgan fingerprint density at radius 1 is 0.911 bits per heavy atom. The second kappa shape index (κ2) is 12.7. The van der Waals surface area contributed by atoms with Gasteiger partial charge in [0.15, 0.2) is 0 Å². The molecule has 6 rings (SSSR count). The van der Waals surface area contributed by atoms with Crippen LogP contribution in [0.15, 0.2) is 84.9 Å². The number of alkyl halides is 1. The van der Waals surface area contributed by atoms with Crippen molar-refractivity contribution in [2.45, 2.75) is 46.5 Å². The molecule has 1 aliphatic carbocycles. The van der Waals surface area contributed by atoms with E-state index < -0.39 is 13.5 Å². The predicted octanol–water partition coefficient (Wildman–Crippen LogP) is 6.09. The van der Waals surface area contributed by atoms with Gasteiger partial charge in [-0.05, 0) is 110 Å². The van der Waals surface area contributed by atoms with E-state index in [0.29, 0.717) is 24.3 Å². The Hall–Kier alpha value is -3.60. The number of ether oxygens (including phenoxy) is 1. The van der Waals surface area contributed by atoms with Crippen LogP contribution in [-0.2, 0) is 28.8 Å². The summed E-state index contributed by atoms with van der Waals surface area (Å²) in [6.07, 6.45) is 2.85. The highest BCUT2D eigenvalue weighted by Crippen LogP contribution is 2.48. The summed E-state index contributed by atoms with van der Waals surface area (Å²) in [6.45, 7) is 6.01. The summed E-state index contributed by atoms with van der Waals surface area (Å²) >= 11 is 6.33. The second-order valence-corrected chi connectivity index (χ2v) is 14.9. The number of halogens is 1. The van der Waals surface area contributed by atoms with E-state index >= 15 is 0 Å². The molecule has 0 bridgehead atoms. The Bertz CT molecular complexity index is 1710. The lowest BCUT2D eigenvalue weighted by atomic mass is 9.58. The molecule has 0 spiro atoms. The number of carbonyl (C=O) groups is 2. The van der Waals surface area contributed by atoms with Gasteiger partial charge in [0.1, 0.15) is 0 Å². The molecule has 1 heterocycles. The van der Waals surface area contributed by atoms with E-state index in [9.17, 15) is 9.59 Å². The zero-order valence-corrected chi connectivity index (χ0v) is 28.3. The van der Waals surface area contributed by atoms with Crippen LogP contribution in [-0.4, -0.2) is 43.7 Å². The van der Waals surface area contributed by atoms with Crippen molar-refractivity contribution in [3.8, 4) is 0 Å². The summed E-state index contributed by atoms with van der Waals surface area (Å²) in [7, 11) is 2.30. The highest BCUT2D eigenvalue weighted by Gasteiger charge is 2.49. The monoisotopic (exact) mass is 636 g/mol. The fourth-order valence-corrected chi connectivity index (χ4v) is 10.1. The number of esters is 1. The summed E-state index contributed by atoms with van der Waals surface area (Å²) < 4.78 is 7.80. The first-order chi connectivity index (χ1) is 21.7. The normalized spacial score (nSPS) is 17.5. The molecule has 0 fully saturated rings. The molecule has 1 amide bonds. The van der Waals surface area contributed by atoms with Crippen molar-refractivity contribution in [3.05, 3.63) is 118 Å². The largest absolute Gasteiger partial charge is 0.469 e. The first-order valence-electron chi connectivity index (χ1n) is 15.6. The zero-order valence-electron chi connectivity index (χ0n) is 26.6. The smallest absolute Gasteiger partial charge is 0.418 e. The third-order valence-electron chi connectivity index (χ3n) is 9.60. The minimum Gasteiger partial charge on any atom is -0.469 e. The fourth-order valence-electron chi connectivity index (χ4n) is 7.37. The average molecular weight is 637 g/mol. The molecule has 0 N–H and O–H groups in total. The van der Waals surface area contributed by atoms with Crippen molar-refractivity contribution in [2.24, 2.45) is 5.41 Å². The molecule has 4 aromatic carbocycles. The van der Waals surface area contributed by atoms with Gasteiger partial charge in [-0.3, -0.25) is 9.59 Å². The van der Waals surface area contributed by atoms with Crippen LogP contribution in [0.3, 0.4) is 0 Å². The lowest BCUT2D eigenvalue weighted by Gasteiger charge is -2.47. The van der Waals surface area contributed by atoms with Crippen LogP contribution in [0, 0.1) is 19.3 Å². The molecule has 45 heavy (non-hydrogen) atoms. The van der Waals surface area contributed by atoms with Crippen molar-refractivity contribution in [3.63, 3.8) is 0 Å². The highest BCUT2D eigenvalue weighted by molar-refractivity contribution is 7.76.